The van der Waals surface area contributed by atoms with E-state index in [2.05, 4.69) is 20.3 Å². The van der Waals surface area contributed by atoms with Gasteiger partial charge in [-0.2, -0.15) is 0 Å². The van der Waals surface area contributed by atoms with Crippen LogP contribution in [0.4, 0.5) is 0 Å². The molecule has 10 heteroatoms. The minimum absolute atomic E-state index is 0. The number of rotatable bonds is 6. The second-order valence-corrected chi connectivity index (χ2v) is 8.47. The van der Waals surface area contributed by atoms with Crippen molar-refractivity contribution >= 4 is 28.3 Å². The number of amides is 1. The number of sulfonamides is 1. The lowest BCUT2D eigenvalue weighted by atomic mass is 10.00. The zero-order chi connectivity index (χ0) is 17.3. The average molecular weight is 392 g/mol. The maximum absolute atomic E-state index is 12.1. The minimum atomic E-state index is -3.67. The van der Waals surface area contributed by atoms with Crippen molar-refractivity contribution in [2.45, 2.75) is 62.2 Å². The summed E-state index contributed by atoms with van der Waals surface area (Å²) in [5.41, 5.74) is 0. The highest BCUT2D eigenvalue weighted by Gasteiger charge is 2.33. The Morgan fingerprint density at radius 3 is 2.56 bits per heavy atom. The number of halogens is 1. The maximum Gasteiger partial charge on any atom is 0.259 e. The van der Waals surface area contributed by atoms with E-state index >= 15 is 0 Å². The van der Waals surface area contributed by atoms with E-state index in [1.165, 1.54) is 19.0 Å². The zero-order valence-corrected chi connectivity index (χ0v) is 16.1. The molecule has 2 aliphatic rings. The van der Waals surface area contributed by atoms with Gasteiger partial charge < -0.3 is 15.2 Å². The first kappa shape index (κ1) is 20.2. The van der Waals surface area contributed by atoms with Crippen LogP contribution in [0.25, 0.3) is 0 Å². The number of fused-ring (bicyclic) bond motifs is 2. The third-order valence-corrected chi connectivity index (χ3v) is 6.18. The molecule has 142 valence electrons. The number of imidazole rings is 1. The number of hydrogen-bond acceptors (Lipinski definition) is 5. The van der Waals surface area contributed by atoms with Gasteiger partial charge in [-0.25, -0.2) is 18.1 Å². The SMILES string of the molecule is Cc1nc(S(=O)(=O)NCCC(=O)NC2CC3CCC(C2)N3)cn1C.Cl. The van der Waals surface area contributed by atoms with Crippen molar-refractivity contribution in [3.8, 4) is 0 Å². The number of aromatic nitrogens is 2. The molecular weight excluding hydrogens is 366 g/mol. The van der Waals surface area contributed by atoms with Crippen LogP contribution in [0.1, 0.15) is 37.9 Å². The van der Waals surface area contributed by atoms with E-state index < -0.39 is 10.0 Å². The van der Waals surface area contributed by atoms with E-state index in [0.29, 0.717) is 17.9 Å². The summed E-state index contributed by atoms with van der Waals surface area (Å²) in [6.45, 7) is 1.81. The number of aryl methyl sites for hydroxylation is 2. The first-order chi connectivity index (χ1) is 11.3. The van der Waals surface area contributed by atoms with Crippen molar-refractivity contribution in [3.05, 3.63) is 12.0 Å². The predicted molar refractivity (Wildman–Crippen MR) is 96.1 cm³/mol. The molecule has 25 heavy (non-hydrogen) atoms. The molecule has 8 nitrogen and oxygen atoms in total. The third-order valence-electron chi connectivity index (χ3n) is 4.84. The molecule has 2 saturated heterocycles. The second kappa shape index (κ2) is 8.03. The van der Waals surface area contributed by atoms with Gasteiger partial charge in [0.2, 0.25) is 5.91 Å². The number of carbonyl (C=O) groups excluding carboxylic acids is 1. The van der Waals surface area contributed by atoms with Crippen molar-refractivity contribution in [2.75, 3.05) is 6.54 Å². The fourth-order valence-corrected chi connectivity index (χ4v) is 4.57. The van der Waals surface area contributed by atoms with E-state index in [0.717, 1.165) is 12.8 Å². The van der Waals surface area contributed by atoms with E-state index in [9.17, 15) is 13.2 Å². The molecule has 2 aliphatic heterocycles. The summed E-state index contributed by atoms with van der Waals surface area (Å²) >= 11 is 0. The molecule has 1 amide bonds. The lowest BCUT2D eigenvalue weighted by Gasteiger charge is -2.29. The Kier molecular flexibility index (Phi) is 6.47. The molecule has 0 spiro atoms. The predicted octanol–water partition coefficient (Wildman–Crippen LogP) is 0.218. The van der Waals surface area contributed by atoms with Crippen molar-refractivity contribution in [1.82, 2.24) is 24.9 Å². The molecule has 2 unspecified atom stereocenters. The highest BCUT2D eigenvalue weighted by Crippen LogP contribution is 2.26. The van der Waals surface area contributed by atoms with E-state index in [1.807, 2.05) is 0 Å². The average Bonchev–Trinajstić information content (AvgIpc) is 3.02. The van der Waals surface area contributed by atoms with Gasteiger partial charge in [0.1, 0.15) is 5.82 Å². The van der Waals surface area contributed by atoms with Crippen LogP contribution in [0.15, 0.2) is 11.2 Å². The van der Waals surface area contributed by atoms with Crippen LogP contribution < -0.4 is 15.4 Å². The number of piperidine rings is 1. The summed E-state index contributed by atoms with van der Waals surface area (Å²) in [6, 6.07) is 1.23. The third kappa shape index (κ3) is 4.93. The van der Waals surface area contributed by atoms with E-state index in [4.69, 9.17) is 0 Å². The van der Waals surface area contributed by atoms with Crippen molar-refractivity contribution in [1.29, 1.82) is 0 Å². The minimum Gasteiger partial charge on any atom is -0.353 e. The molecule has 3 rings (SSSR count). The highest BCUT2D eigenvalue weighted by molar-refractivity contribution is 7.89. The molecular formula is C15H26ClN5O3S. The molecule has 3 N–H and O–H groups in total. The highest BCUT2D eigenvalue weighted by atomic mass is 35.5. The monoisotopic (exact) mass is 391 g/mol. The van der Waals surface area contributed by atoms with Gasteiger partial charge in [0.05, 0.1) is 0 Å². The number of carbonyl (C=O) groups is 1. The van der Waals surface area contributed by atoms with Crippen LogP contribution in [-0.4, -0.2) is 48.5 Å². The molecule has 0 aromatic carbocycles. The second-order valence-electron chi connectivity index (χ2n) is 6.76. The maximum atomic E-state index is 12.1. The van der Waals surface area contributed by atoms with Crippen molar-refractivity contribution in [2.24, 2.45) is 7.05 Å². The lowest BCUT2D eigenvalue weighted by molar-refractivity contribution is -0.121. The first-order valence-corrected chi connectivity index (χ1v) is 9.87. The Morgan fingerprint density at radius 2 is 2.00 bits per heavy atom. The molecule has 1 aromatic rings. The van der Waals surface area contributed by atoms with Crippen LogP contribution >= 0.6 is 12.4 Å². The molecule has 2 bridgehead atoms. The van der Waals surface area contributed by atoms with Crippen LogP contribution in [0, 0.1) is 6.92 Å². The molecule has 2 fully saturated rings. The van der Waals surface area contributed by atoms with E-state index in [-0.39, 0.29) is 42.3 Å². The number of nitrogens with zero attached hydrogens (tertiary/aromatic N) is 2. The van der Waals surface area contributed by atoms with Gasteiger partial charge in [0.25, 0.3) is 10.0 Å². The molecule has 0 saturated carbocycles. The van der Waals surface area contributed by atoms with Gasteiger partial charge in [-0.1, -0.05) is 0 Å². The summed E-state index contributed by atoms with van der Waals surface area (Å²) in [5, 5.41) is 6.54. The van der Waals surface area contributed by atoms with Crippen LogP contribution in [0.3, 0.4) is 0 Å². The summed E-state index contributed by atoms with van der Waals surface area (Å²) in [4.78, 5) is 16.0. The smallest absolute Gasteiger partial charge is 0.259 e. The van der Waals surface area contributed by atoms with Gasteiger partial charge in [-0.15, -0.1) is 12.4 Å². The Morgan fingerprint density at radius 1 is 1.36 bits per heavy atom. The molecule has 0 radical (unpaired) electrons. The van der Waals surface area contributed by atoms with Gasteiger partial charge in [0, 0.05) is 44.3 Å². The number of nitrogens with one attached hydrogen (secondary N) is 3. The first-order valence-electron chi connectivity index (χ1n) is 8.38. The Hall–Kier alpha value is -1.16. The van der Waals surface area contributed by atoms with Crippen molar-refractivity contribution < 1.29 is 13.2 Å². The quantitative estimate of drug-likeness (QED) is 0.643. The van der Waals surface area contributed by atoms with Gasteiger partial charge in [0.15, 0.2) is 5.03 Å². The van der Waals surface area contributed by atoms with Gasteiger partial charge in [-0.3, -0.25) is 4.79 Å². The zero-order valence-electron chi connectivity index (χ0n) is 14.5. The number of hydrogen-bond donors (Lipinski definition) is 3. The molecule has 0 aliphatic carbocycles. The van der Waals surface area contributed by atoms with Crippen molar-refractivity contribution in [3.63, 3.8) is 0 Å². The molecule has 1 aromatic heterocycles. The van der Waals surface area contributed by atoms with Crippen LogP contribution in [-0.2, 0) is 21.9 Å². The van der Waals surface area contributed by atoms with Crippen LogP contribution in [0.2, 0.25) is 0 Å². The Labute approximate surface area is 154 Å². The van der Waals surface area contributed by atoms with E-state index in [1.54, 1.807) is 18.5 Å². The summed E-state index contributed by atoms with van der Waals surface area (Å²) in [5.74, 6) is 0.509. The standard InChI is InChI=1S/C15H25N5O3S.ClH/c1-10-17-15(9-20(10)2)24(22,23)16-6-5-14(21)19-13-7-11-3-4-12(8-13)18-11;/h9,11-13,16,18H,3-8H2,1-2H3,(H,19,21);1H. The Balaban J connectivity index is 0.00000225. The topological polar surface area (TPSA) is 105 Å². The van der Waals surface area contributed by atoms with Gasteiger partial charge in [-0.05, 0) is 32.6 Å². The van der Waals surface area contributed by atoms with Gasteiger partial charge >= 0.3 is 0 Å². The van der Waals surface area contributed by atoms with Crippen LogP contribution in [0.5, 0.6) is 0 Å². The largest absolute Gasteiger partial charge is 0.353 e. The summed E-state index contributed by atoms with van der Waals surface area (Å²) < 4.78 is 28.4. The molecule has 2 atom stereocenters. The lowest BCUT2D eigenvalue weighted by Crippen LogP contribution is -2.48. The normalized spacial score (nSPS) is 25.4. The fraction of sp³-hybridized carbons (Fsp3) is 0.733. The fourth-order valence-electron chi connectivity index (χ4n) is 3.50. The Bertz CT molecular complexity index is 689. The summed E-state index contributed by atoms with van der Waals surface area (Å²) in [7, 11) is -1.93. The summed E-state index contributed by atoms with van der Waals surface area (Å²) in [6.07, 6.45) is 5.87. The molecule has 3 heterocycles.